The Balaban J connectivity index is 1.28. The lowest BCUT2D eigenvalue weighted by atomic mass is 10.0. The minimum absolute atomic E-state index is 0.114. The number of hydrogen-bond acceptors (Lipinski definition) is 3. The van der Waals surface area contributed by atoms with Gasteiger partial charge in [0.15, 0.2) is 6.10 Å². The summed E-state index contributed by atoms with van der Waals surface area (Å²) in [4.78, 5) is 17.3. The lowest BCUT2D eigenvalue weighted by molar-refractivity contribution is -0.138. The first kappa shape index (κ1) is 16.2. The number of fused-ring (bicyclic) bond motifs is 3. The number of benzene rings is 3. The monoisotopic (exact) mass is 358 g/mol. The molecule has 3 aromatic rings. The average Bonchev–Trinajstić information content (AvgIpc) is 3.19. The third-order valence-electron chi connectivity index (χ3n) is 5.64. The van der Waals surface area contributed by atoms with Gasteiger partial charge in [0.05, 0.1) is 0 Å². The van der Waals surface area contributed by atoms with Crippen molar-refractivity contribution >= 4 is 22.4 Å². The summed E-state index contributed by atoms with van der Waals surface area (Å²) in [6.45, 7) is 3.20. The van der Waals surface area contributed by atoms with Gasteiger partial charge in [0.1, 0.15) is 5.75 Å². The maximum atomic E-state index is 13.0. The molecule has 5 rings (SSSR count). The van der Waals surface area contributed by atoms with Gasteiger partial charge in [0, 0.05) is 43.9 Å². The molecule has 0 N–H and O–H groups in total. The molecule has 2 heterocycles. The van der Waals surface area contributed by atoms with Gasteiger partial charge in [0.2, 0.25) is 0 Å². The molecule has 0 unspecified atom stereocenters. The van der Waals surface area contributed by atoms with Crippen LogP contribution < -0.4 is 9.64 Å². The first-order valence-electron chi connectivity index (χ1n) is 9.56. The molecule has 0 spiro atoms. The molecule has 0 aromatic heterocycles. The van der Waals surface area contributed by atoms with Crippen molar-refractivity contribution in [2.45, 2.75) is 12.5 Å². The number of carbonyl (C=O) groups is 1. The summed E-state index contributed by atoms with van der Waals surface area (Å²) < 4.78 is 6.04. The molecule has 1 atom stereocenters. The molecule has 0 radical (unpaired) electrons. The summed E-state index contributed by atoms with van der Waals surface area (Å²) in [7, 11) is 0. The highest BCUT2D eigenvalue weighted by Crippen LogP contribution is 2.35. The van der Waals surface area contributed by atoms with E-state index in [4.69, 9.17) is 4.74 Å². The van der Waals surface area contributed by atoms with E-state index in [0.29, 0.717) is 6.42 Å². The van der Waals surface area contributed by atoms with E-state index in [0.717, 1.165) is 37.5 Å². The number of ether oxygens (including phenoxy) is 1. The summed E-state index contributed by atoms with van der Waals surface area (Å²) in [5.41, 5.74) is 2.38. The van der Waals surface area contributed by atoms with Gasteiger partial charge in [-0.1, -0.05) is 48.5 Å². The Hall–Kier alpha value is -3.01. The quantitative estimate of drug-likeness (QED) is 0.703. The predicted octanol–water partition coefficient (Wildman–Crippen LogP) is 3.49. The van der Waals surface area contributed by atoms with Crippen molar-refractivity contribution in [2.75, 3.05) is 31.1 Å². The molecule has 0 bridgehead atoms. The van der Waals surface area contributed by atoms with Crippen LogP contribution in [0, 0.1) is 0 Å². The predicted molar refractivity (Wildman–Crippen MR) is 107 cm³/mol. The molecule has 27 heavy (non-hydrogen) atoms. The Morgan fingerprint density at radius 1 is 0.852 bits per heavy atom. The van der Waals surface area contributed by atoms with Gasteiger partial charge in [-0.05, 0) is 29.0 Å². The topological polar surface area (TPSA) is 32.8 Å². The van der Waals surface area contributed by atoms with Gasteiger partial charge in [-0.2, -0.15) is 0 Å². The SMILES string of the molecule is O=C([C@H]1Cc2c(ccc3ccccc23)O1)N1CCN(c2ccccc2)CC1. The Kier molecular flexibility index (Phi) is 3.97. The van der Waals surface area contributed by atoms with Crippen LogP contribution in [0.2, 0.25) is 0 Å². The van der Waals surface area contributed by atoms with Crippen LogP contribution in [0.25, 0.3) is 10.8 Å². The van der Waals surface area contributed by atoms with Crippen LogP contribution in [-0.2, 0) is 11.2 Å². The summed E-state index contributed by atoms with van der Waals surface area (Å²) in [6, 6.07) is 22.8. The van der Waals surface area contributed by atoms with Crippen LogP contribution in [0.3, 0.4) is 0 Å². The van der Waals surface area contributed by atoms with E-state index in [1.807, 2.05) is 29.2 Å². The normalized spacial score (nSPS) is 19.0. The third-order valence-corrected chi connectivity index (χ3v) is 5.64. The smallest absolute Gasteiger partial charge is 0.264 e. The molecule has 2 aliphatic rings. The van der Waals surface area contributed by atoms with Crippen LogP contribution in [0.4, 0.5) is 5.69 Å². The lowest BCUT2D eigenvalue weighted by Gasteiger charge is -2.36. The standard InChI is InChI=1S/C23H22N2O2/c26-23(25-14-12-24(13-15-25)18-7-2-1-3-8-18)22-16-20-19-9-5-4-6-17(19)10-11-21(20)27-22/h1-11,22H,12-16H2/t22-/m1/s1. The van der Waals surface area contributed by atoms with Crippen LogP contribution in [0.15, 0.2) is 66.7 Å². The van der Waals surface area contributed by atoms with Crippen molar-refractivity contribution < 1.29 is 9.53 Å². The Morgan fingerprint density at radius 3 is 2.41 bits per heavy atom. The molecule has 136 valence electrons. The molecule has 0 aliphatic carbocycles. The van der Waals surface area contributed by atoms with E-state index < -0.39 is 6.10 Å². The fourth-order valence-corrected chi connectivity index (χ4v) is 4.18. The number of hydrogen-bond donors (Lipinski definition) is 0. The second-order valence-electron chi connectivity index (χ2n) is 7.22. The minimum Gasteiger partial charge on any atom is -0.480 e. The van der Waals surface area contributed by atoms with E-state index in [2.05, 4.69) is 47.4 Å². The fraction of sp³-hybridized carbons (Fsp3) is 0.261. The third kappa shape index (κ3) is 2.91. The number of rotatable bonds is 2. The largest absolute Gasteiger partial charge is 0.480 e. The first-order valence-corrected chi connectivity index (χ1v) is 9.56. The Labute approximate surface area is 159 Å². The second-order valence-corrected chi connectivity index (χ2v) is 7.22. The van der Waals surface area contributed by atoms with Crippen molar-refractivity contribution in [3.05, 3.63) is 72.3 Å². The van der Waals surface area contributed by atoms with Gasteiger partial charge >= 0.3 is 0 Å². The van der Waals surface area contributed by atoms with Gasteiger partial charge in [-0.15, -0.1) is 0 Å². The van der Waals surface area contributed by atoms with Crippen molar-refractivity contribution in [1.82, 2.24) is 4.90 Å². The van der Waals surface area contributed by atoms with Gasteiger partial charge < -0.3 is 14.5 Å². The number of anilines is 1. The summed E-state index contributed by atoms with van der Waals surface area (Å²) >= 11 is 0. The summed E-state index contributed by atoms with van der Waals surface area (Å²) in [5.74, 6) is 0.970. The van der Waals surface area contributed by atoms with Crippen LogP contribution in [0.1, 0.15) is 5.56 Å². The van der Waals surface area contributed by atoms with E-state index in [1.54, 1.807) is 0 Å². The maximum Gasteiger partial charge on any atom is 0.264 e. The molecule has 4 nitrogen and oxygen atoms in total. The number of amides is 1. The van der Waals surface area contributed by atoms with Crippen LogP contribution in [-0.4, -0.2) is 43.1 Å². The van der Waals surface area contributed by atoms with E-state index in [9.17, 15) is 4.79 Å². The highest BCUT2D eigenvalue weighted by atomic mass is 16.5. The van der Waals surface area contributed by atoms with Crippen molar-refractivity contribution in [3.8, 4) is 5.75 Å². The second kappa shape index (κ2) is 6.62. The first-order chi connectivity index (χ1) is 13.3. The van der Waals surface area contributed by atoms with E-state index in [1.165, 1.54) is 16.5 Å². The van der Waals surface area contributed by atoms with Crippen molar-refractivity contribution in [1.29, 1.82) is 0 Å². The minimum atomic E-state index is -0.394. The van der Waals surface area contributed by atoms with Crippen LogP contribution in [0.5, 0.6) is 5.75 Å². The van der Waals surface area contributed by atoms with E-state index in [-0.39, 0.29) is 5.91 Å². The molecule has 4 heteroatoms. The van der Waals surface area contributed by atoms with Crippen molar-refractivity contribution in [3.63, 3.8) is 0 Å². The zero-order chi connectivity index (χ0) is 18.2. The fourth-order valence-electron chi connectivity index (χ4n) is 4.18. The molecule has 3 aromatic carbocycles. The number of carbonyl (C=O) groups excluding carboxylic acids is 1. The Bertz CT molecular complexity index is 978. The average molecular weight is 358 g/mol. The highest BCUT2D eigenvalue weighted by molar-refractivity contribution is 5.91. The molecule has 1 amide bonds. The van der Waals surface area contributed by atoms with Gasteiger partial charge in [-0.3, -0.25) is 4.79 Å². The number of nitrogens with zero attached hydrogens (tertiary/aromatic N) is 2. The van der Waals surface area contributed by atoms with Gasteiger partial charge in [0.25, 0.3) is 5.91 Å². The zero-order valence-corrected chi connectivity index (χ0v) is 15.2. The molecule has 1 fully saturated rings. The van der Waals surface area contributed by atoms with Crippen molar-refractivity contribution in [2.24, 2.45) is 0 Å². The summed E-state index contributed by atoms with van der Waals surface area (Å²) in [6.07, 6.45) is 0.267. The maximum absolute atomic E-state index is 13.0. The molecule has 2 aliphatic heterocycles. The molecular weight excluding hydrogens is 336 g/mol. The summed E-state index contributed by atoms with van der Waals surface area (Å²) in [5, 5.41) is 2.39. The molecule has 0 saturated carbocycles. The van der Waals surface area contributed by atoms with Crippen LogP contribution >= 0.6 is 0 Å². The highest BCUT2D eigenvalue weighted by Gasteiger charge is 2.34. The Morgan fingerprint density at radius 2 is 1.59 bits per heavy atom. The lowest BCUT2D eigenvalue weighted by Crippen LogP contribution is -2.52. The zero-order valence-electron chi connectivity index (χ0n) is 15.2. The number of piperazine rings is 1. The molecule has 1 saturated heterocycles. The van der Waals surface area contributed by atoms with Gasteiger partial charge in [-0.25, -0.2) is 0 Å². The van der Waals surface area contributed by atoms with E-state index >= 15 is 0 Å². The number of para-hydroxylation sites is 1. The molecular formula is C23H22N2O2.